The Kier molecular flexibility index (Phi) is 6.01. The van der Waals surface area contributed by atoms with Crippen LogP contribution in [0.1, 0.15) is 33.6 Å². The summed E-state index contributed by atoms with van der Waals surface area (Å²) >= 11 is 0. The molecule has 0 radical (unpaired) electrons. The molecule has 1 aromatic heterocycles. The molecule has 1 rings (SSSR count). The molecule has 0 bridgehead atoms. The van der Waals surface area contributed by atoms with Gasteiger partial charge in [0.2, 0.25) is 5.88 Å². The first-order valence-corrected chi connectivity index (χ1v) is 10.1. The van der Waals surface area contributed by atoms with Crippen molar-refractivity contribution in [2.75, 3.05) is 18.9 Å². The van der Waals surface area contributed by atoms with Crippen LogP contribution in [0.2, 0.25) is 18.1 Å². The lowest BCUT2D eigenvalue weighted by Crippen LogP contribution is -2.41. The maximum atomic E-state index is 6.11. The largest absolute Gasteiger partial charge is 0.478 e. The summed E-state index contributed by atoms with van der Waals surface area (Å²) in [6.45, 7) is 12.8. The highest BCUT2D eigenvalue weighted by molar-refractivity contribution is 6.74. The van der Waals surface area contributed by atoms with E-state index in [0.29, 0.717) is 18.2 Å². The second-order valence-corrected chi connectivity index (χ2v) is 11.4. The number of nitrogen functional groups attached to an aromatic ring is 1. The van der Waals surface area contributed by atoms with Gasteiger partial charge in [-0.05, 0) is 37.0 Å². The number of ether oxygens (including phenoxy) is 1. The minimum Gasteiger partial charge on any atom is -0.478 e. The molecule has 0 aliphatic rings. The third-order valence-corrected chi connectivity index (χ3v) is 8.36. The number of hydrogen-bond donors (Lipinski definition) is 1. The first kappa shape index (κ1) is 17.0. The molecule has 0 spiro atoms. The zero-order valence-electron chi connectivity index (χ0n) is 13.4. The molecule has 0 saturated heterocycles. The Morgan fingerprint density at radius 2 is 1.80 bits per heavy atom. The molecule has 2 N–H and O–H groups in total. The van der Waals surface area contributed by atoms with Gasteiger partial charge >= 0.3 is 0 Å². The predicted molar refractivity (Wildman–Crippen MR) is 86.5 cm³/mol. The Morgan fingerprint density at radius 3 is 2.35 bits per heavy atom. The Bertz CT molecular complexity index is 399. The van der Waals surface area contributed by atoms with E-state index in [-0.39, 0.29) is 5.04 Å². The minimum atomic E-state index is -1.60. The zero-order chi connectivity index (χ0) is 15.2. The lowest BCUT2D eigenvalue weighted by Gasteiger charge is -2.36. The Morgan fingerprint density at radius 1 is 1.15 bits per heavy atom. The third kappa shape index (κ3) is 5.51. The van der Waals surface area contributed by atoms with Crippen LogP contribution in [-0.2, 0) is 4.43 Å². The minimum absolute atomic E-state index is 0.275. The summed E-state index contributed by atoms with van der Waals surface area (Å²) in [5.41, 5.74) is 6.22. The number of rotatable bonds is 7. The van der Waals surface area contributed by atoms with Crippen molar-refractivity contribution in [1.29, 1.82) is 0 Å². The van der Waals surface area contributed by atoms with Gasteiger partial charge in [-0.25, -0.2) is 4.98 Å². The van der Waals surface area contributed by atoms with Crippen molar-refractivity contribution in [1.82, 2.24) is 4.98 Å². The molecule has 0 aliphatic heterocycles. The monoisotopic (exact) mass is 296 g/mol. The topological polar surface area (TPSA) is 57.4 Å². The number of nitrogens with zero attached hydrogens (tertiary/aromatic N) is 1. The van der Waals surface area contributed by atoms with Gasteiger partial charge in [-0.1, -0.05) is 20.8 Å². The molecule has 1 aromatic rings. The van der Waals surface area contributed by atoms with Gasteiger partial charge in [-0.3, -0.25) is 0 Å². The SMILES string of the molecule is CC(C)(C)[Si](C)(C)OCCCCOc1ccc(N)cn1. The van der Waals surface area contributed by atoms with Crippen LogP contribution in [0.3, 0.4) is 0 Å². The van der Waals surface area contributed by atoms with Crippen molar-refractivity contribution in [3.05, 3.63) is 18.3 Å². The van der Waals surface area contributed by atoms with Crippen LogP contribution in [0, 0.1) is 0 Å². The molecular weight excluding hydrogens is 268 g/mol. The van der Waals surface area contributed by atoms with E-state index >= 15 is 0 Å². The van der Waals surface area contributed by atoms with Crippen LogP contribution >= 0.6 is 0 Å². The number of nitrogens with two attached hydrogens (primary N) is 1. The maximum absolute atomic E-state index is 6.11. The summed E-state index contributed by atoms with van der Waals surface area (Å²) < 4.78 is 11.7. The second kappa shape index (κ2) is 7.08. The first-order valence-electron chi connectivity index (χ1n) is 7.21. The number of unbranched alkanes of at least 4 members (excludes halogenated alkanes) is 1. The molecule has 0 fully saturated rings. The van der Waals surface area contributed by atoms with Crippen molar-refractivity contribution >= 4 is 14.0 Å². The molecule has 5 heteroatoms. The fourth-order valence-corrected chi connectivity index (χ4v) is 2.49. The molecule has 0 aliphatic carbocycles. The van der Waals surface area contributed by atoms with E-state index in [1.165, 1.54) is 0 Å². The van der Waals surface area contributed by atoms with Gasteiger partial charge in [0, 0.05) is 12.7 Å². The average molecular weight is 296 g/mol. The van der Waals surface area contributed by atoms with E-state index in [0.717, 1.165) is 19.4 Å². The second-order valence-electron chi connectivity index (χ2n) is 6.59. The van der Waals surface area contributed by atoms with E-state index in [9.17, 15) is 0 Å². The van der Waals surface area contributed by atoms with Crippen LogP contribution in [-0.4, -0.2) is 26.5 Å². The van der Waals surface area contributed by atoms with Gasteiger partial charge in [0.1, 0.15) is 0 Å². The number of hydrogen-bond acceptors (Lipinski definition) is 4. The molecule has 0 unspecified atom stereocenters. The molecule has 0 aromatic carbocycles. The van der Waals surface area contributed by atoms with E-state index in [4.69, 9.17) is 14.9 Å². The Balaban J connectivity index is 2.15. The number of pyridine rings is 1. The lowest BCUT2D eigenvalue weighted by molar-refractivity contribution is 0.248. The van der Waals surface area contributed by atoms with Gasteiger partial charge in [-0.15, -0.1) is 0 Å². The quantitative estimate of drug-likeness (QED) is 0.613. The van der Waals surface area contributed by atoms with Crippen molar-refractivity contribution in [2.45, 2.75) is 51.7 Å². The molecule has 4 nitrogen and oxygen atoms in total. The van der Waals surface area contributed by atoms with Crippen LogP contribution in [0.5, 0.6) is 5.88 Å². The third-order valence-electron chi connectivity index (χ3n) is 3.82. The molecule has 114 valence electrons. The van der Waals surface area contributed by atoms with Gasteiger partial charge in [0.05, 0.1) is 18.5 Å². The highest BCUT2D eigenvalue weighted by Gasteiger charge is 2.36. The Labute approximate surface area is 123 Å². The smallest absolute Gasteiger partial charge is 0.213 e. The molecule has 0 atom stereocenters. The summed E-state index contributed by atoms with van der Waals surface area (Å²) in [6.07, 6.45) is 3.60. The van der Waals surface area contributed by atoms with E-state index in [1.807, 2.05) is 0 Å². The Hall–Kier alpha value is -1.07. The average Bonchev–Trinajstić information content (AvgIpc) is 2.34. The molecule has 1 heterocycles. The highest BCUT2D eigenvalue weighted by Crippen LogP contribution is 2.36. The van der Waals surface area contributed by atoms with Crippen LogP contribution in [0.15, 0.2) is 18.3 Å². The van der Waals surface area contributed by atoms with Crippen molar-refractivity contribution in [3.8, 4) is 5.88 Å². The van der Waals surface area contributed by atoms with E-state index in [1.54, 1.807) is 18.3 Å². The van der Waals surface area contributed by atoms with Crippen LogP contribution in [0.4, 0.5) is 5.69 Å². The van der Waals surface area contributed by atoms with Gasteiger partial charge in [0.25, 0.3) is 0 Å². The number of anilines is 1. The lowest BCUT2D eigenvalue weighted by atomic mass is 10.2. The van der Waals surface area contributed by atoms with E-state index < -0.39 is 8.32 Å². The standard InChI is InChI=1S/C15H28N2O2Si/c1-15(2,3)20(4,5)19-11-7-6-10-18-14-9-8-13(16)12-17-14/h8-9,12H,6-7,10-11,16H2,1-5H3. The van der Waals surface area contributed by atoms with Gasteiger partial charge in [-0.2, -0.15) is 0 Å². The summed E-state index contributed by atoms with van der Waals surface area (Å²) in [4.78, 5) is 4.10. The van der Waals surface area contributed by atoms with Crippen LogP contribution in [0.25, 0.3) is 0 Å². The molecule has 0 saturated carbocycles. The van der Waals surface area contributed by atoms with Gasteiger partial charge < -0.3 is 14.9 Å². The zero-order valence-corrected chi connectivity index (χ0v) is 14.4. The fourth-order valence-electron chi connectivity index (χ4n) is 1.40. The van der Waals surface area contributed by atoms with E-state index in [2.05, 4.69) is 38.8 Å². The predicted octanol–water partition coefficient (Wildman–Crippen LogP) is 3.84. The van der Waals surface area contributed by atoms with Crippen LogP contribution < -0.4 is 10.5 Å². The highest BCUT2D eigenvalue weighted by atomic mass is 28.4. The fraction of sp³-hybridized carbons (Fsp3) is 0.667. The van der Waals surface area contributed by atoms with Gasteiger partial charge in [0.15, 0.2) is 8.32 Å². The normalized spacial score (nSPS) is 12.4. The molecule has 0 amide bonds. The maximum Gasteiger partial charge on any atom is 0.213 e. The van der Waals surface area contributed by atoms with Crippen molar-refractivity contribution in [2.24, 2.45) is 0 Å². The number of aromatic nitrogens is 1. The summed E-state index contributed by atoms with van der Waals surface area (Å²) in [5.74, 6) is 0.629. The summed E-state index contributed by atoms with van der Waals surface area (Å²) in [5, 5.41) is 0.275. The first-order chi connectivity index (χ1) is 9.22. The van der Waals surface area contributed by atoms with Crippen molar-refractivity contribution < 1.29 is 9.16 Å². The molecular formula is C15H28N2O2Si. The summed E-state index contributed by atoms with van der Waals surface area (Å²) in [7, 11) is -1.60. The summed E-state index contributed by atoms with van der Waals surface area (Å²) in [6, 6.07) is 3.59. The molecule has 20 heavy (non-hydrogen) atoms. The van der Waals surface area contributed by atoms with Crippen molar-refractivity contribution in [3.63, 3.8) is 0 Å².